The highest BCUT2D eigenvalue weighted by molar-refractivity contribution is 6.33. The van der Waals surface area contributed by atoms with Crippen LogP contribution in [0.1, 0.15) is 92.8 Å². The number of nitrogens with one attached hydrogen (secondary N) is 3. The van der Waals surface area contributed by atoms with Crippen LogP contribution in [0.2, 0.25) is 0 Å². The molecular formula is C30H40N6O6. The molecule has 2 aliphatic heterocycles. The maximum atomic E-state index is 13.4. The Morgan fingerprint density at radius 2 is 1.05 bits per heavy atom. The van der Waals surface area contributed by atoms with Crippen LogP contribution in [0.15, 0.2) is 24.3 Å². The first-order valence-corrected chi connectivity index (χ1v) is 14.8. The first-order valence-electron chi connectivity index (χ1n) is 14.8. The number of carbonyl (C=O) groups is 5. The fourth-order valence-electron chi connectivity index (χ4n) is 5.51. The van der Waals surface area contributed by atoms with Gasteiger partial charge in [-0.05, 0) is 95.5 Å². The summed E-state index contributed by atoms with van der Waals surface area (Å²) in [5.41, 5.74) is 8.27. The van der Waals surface area contributed by atoms with Gasteiger partial charge < -0.3 is 16.4 Å². The lowest BCUT2D eigenvalue weighted by molar-refractivity contribution is -0.129. The van der Waals surface area contributed by atoms with Gasteiger partial charge in [0.15, 0.2) is 0 Å². The molecule has 6 N–H and O–H groups in total. The quantitative estimate of drug-likeness (QED) is 0.0762. The standard InChI is InChI=1S/C30H40N6O6/c31-13-6-16-32-14-3-4-15-33-17-7-19-36-29(40)22-11-9-20-25-21(10-12-23(26(22)25)30(36)41)28(39)35(27(20)38)18-5-1-2-8-24(37)34-42/h9-12,32-33,42H,1-8,13-19,31H2,(H,34,37). The van der Waals surface area contributed by atoms with Crippen molar-refractivity contribution in [1.82, 2.24) is 25.9 Å². The molecule has 0 spiro atoms. The van der Waals surface area contributed by atoms with Gasteiger partial charge in [-0.25, -0.2) is 5.48 Å². The first-order chi connectivity index (χ1) is 20.4. The maximum absolute atomic E-state index is 13.4. The summed E-state index contributed by atoms with van der Waals surface area (Å²) >= 11 is 0. The minimum atomic E-state index is -0.484. The summed E-state index contributed by atoms with van der Waals surface area (Å²) in [5, 5.41) is 16.0. The van der Waals surface area contributed by atoms with Crippen molar-refractivity contribution in [2.24, 2.45) is 5.73 Å². The zero-order valence-corrected chi connectivity index (χ0v) is 23.9. The largest absolute Gasteiger partial charge is 0.330 e. The highest BCUT2D eigenvalue weighted by atomic mass is 16.5. The van der Waals surface area contributed by atoms with Crippen molar-refractivity contribution in [1.29, 1.82) is 0 Å². The second-order valence-electron chi connectivity index (χ2n) is 10.6. The molecule has 12 nitrogen and oxygen atoms in total. The number of imide groups is 2. The van der Waals surface area contributed by atoms with Gasteiger partial charge in [0.1, 0.15) is 0 Å². The van der Waals surface area contributed by atoms with Crippen LogP contribution in [-0.4, -0.2) is 90.4 Å². The third-order valence-electron chi connectivity index (χ3n) is 7.72. The van der Waals surface area contributed by atoms with Crippen LogP contribution in [0.5, 0.6) is 0 Å². The van der Waals surface area contributed by atoms with Gasteiger partial charge >= 0.3 is 0 Å². The second kappa shape index (κ2) is 15.0. The van der Waals surface area contributed by atoms with Gasteiger partial charge in [-0.3, -0.25) is 39.0 Å². The van der Waals surface area contributed by atoms with E-state index in [9.17, 15) is 24.0 Å². The van der Waals surface area contributed by atoms with Crippen molar-refractivity contribution < 1.29 is 29.2 Å². The SMILES string of the molecule is NCCCNCCCCNCCCN1C(=O)c2ccc3c4c(ccc(c24)C1=O)C(=O)N(CCCCCC(=O)NO)C3=O. The van der Waals surface area contributed by atoms with Gasteiger partial charge in [0, 0.05) is 52.5 Å². The number of carbonyl (C=O) groups excluding carboxylic acids is 5. The van der Waals surface area contributed by atoms with Crippen molar-refractivity contribution in [2.45, 2.75) is 51.4 Å². The van der Waals surface area contributed by atoms with Gasteiger partial charge in [0.2, 0.25) is 5.91 Å². The summed E-state index contributed by atoms with van der Waals surface area (Å²) in [6.45, 7) is 4.55. The van der Waals surface area contributed by atoms with Crippen molar-refractivity contribution in [3.63, 3.8) is 0 Å². The maximum Gasteiger partial charge on any atom is 0.261 e. The predicted molar refractivity (Wildman–Crippen MR) is 156 cm³/mol. The zero-order valence-electron chi connectivity index (χ0n) is 23.9. The Morgan fingerprint density at radius 3 is 1.50 bits per heavy atom. The van der Waals surface area contributed by atoms with E-state index < -0.39 is 29.5 Å². The highest BCUT2D eigenvalue weighted by Gasteiger charge is 2.39. The van der Waals surface area contributed by atoms with E-state index in [1.165, 1.54) is 9.80 Å². The predicted octanol–water partition coefficient (Wildman–Crippen LogP) is 1.80. The number of hydrogen-bond donors (Lipinski definition) is 5. The smallest absolute Gasteiger partial charge is 0.261 e. The third kappa shape index (κ3) is 6.84. The van der Waals surface area contributed by atoms with Crippen LogP contribution in [0.25, 0.3) is 10.8 Å². The Kier molecular flexibility index (Phi) is 11.1. The molecule has 0 aliphatic carbocycles. The summed E-state index contributed by atoms with van der Waals surface area (Å²) in [5.74, 6) is -2.27. The minimum absolute atomic E-state index is 0.149. The van der Waals surface area contributed by atoms with Gasteiger partial charge in [-0.2, -0.15) is 0 Å². The molecule has 5 amide bonds. The summed E-state index contributed by atoms with van der Waals surface area (Å²) < 4.78 is 0. The van der Waals surface area contributed by atoms with Crippen LogP contribution in [0.4, 0.5) is 0 Å². The molecule has 2 heterocycles. The van der Waals surface area contributed by atoms with Crippen molar-refractivity contribution in [3.8, 4) is 0 Å². The molecule has 2 aromatic carbocycles. The fourth-order valence-corrected chi connectivity index (χ4v) is 5.51. The third-order valence-corrected chi connectivity index (χ3v) is 7.72. The van der Waals surface area contributed by atoms with E-state index >= 15 is 0 Å². The number of amides is 5. The molecule has 0 atom stereocenters. The molecule has 226 valence electrons. The average Bonchev–Trinajstić information content (AvgIpc) is 3.00. The van der Waals surface area contributed by atoms with Crippen LogP contribution < -0.4 is 21.8 Å². The second-order valence-corrected chi connectivity index (χ2v) is 10.6. The van der Waals surface area contributed by atoms with E-state index in [4.69, 9.17) is 10.9 Å². The first kappa shape index (κ1) is 31.2. The molecule has 0 saturated carbocycles. The minimum Gasteiger partial charge on any atom is -0.330 e. The van der Waals surface area contributed by atoms with Crippen molar-refractivity contribution in [2.75, 3.05) is 45.8 Å². The van der Waals surface area contributed by atoms with Crippen LogP contribution in [0.3, 0.4) is 0 Å². The molecule has 0 saturated heterocycles. The molecule has 0 radical (unpaired) electrons. The molecule has 4 rings (SSSR count). The lowest BCUT2D eigenvalue weighted by Gasteiger charge is -2.32. The fraction of sp³-hybridized carbons (Fsp3) is 0.500. The molecular weight excluding hydrogens is 540 g/mol. The molecule has 0 bridgehead atoms. The molecule has 2 aromatic rings. The number of unbranched alkanes of at least 4 members (excludes halogenated alkanes) is 3. The molecule has 2 aliphatic rings. The monoisotopic (exact) mass is 580 g/mol. The van der Waals surface area contributed by atoms with Gasteiger partial charge in [-0.1, -0.05) is 6.42 Å². The summed E-state index contributed by atoms with van der Waals surface area (Å²) in [6, 6.07) is 6.28. The van der Waals surface area contributed by atoms with E-state index in [1.54, 1.807) is 29.7 Å². The number of hydroxylamine groups is 1. The number of benzene rings is 2. The van der Waals surface area contributed by atoms with Gasteiger partial charge in [0.25, 0.3) is 23.6 Å². The Balaban J connectivity index is 1.36. The summed E-state index contributed by atoms with van der Waals surface area (Å²) in [7, 11) is 0. The Hall–Kier alpha value is -3.71. The lowest BCUT2D eigenvalue weighted by Crippen LogP contribution is -2.44. The van der Waals surface area contributed by atoms with E-state index in [2.05, 4.69) is 10.6 Å². The Bertz CT molecular complexity index is 1270. The Labute approximate surface area is 244 Å². The topological polar surface area (TPSA) is 174 Å². The summed E-state index contributed by atoms with van der Waals surface area (Å²) in [6.07, 6.45) is 5.40. The van der Waals surface area contributed by atoms with Crippen LogP contribution in [0, 0.1) is 0 Å². The lowest BCUT2D eigenvalue weighted by atomic mass is 9.86. The number of hydrogen-bond acceptors (Lipinski definition) is 9. The average molecular weight is 581 g/mol. The molecule has 42 heavy (non-hydrogen) atoms. The highest BCUT2D eigenvalue weighted by Crippen LogP contribution is 2.37. The van der Waals surface area contributed by atoms with Crippen LogP contribution >= 0.6 is 0 Å². The number of nitrogens with two attached hydrogens (primary N) is 1. The molecule has 0 fully saturated rings. The Morgan fingerprint density at radius 1 is 0.619 bits per heavy atom. The number of nitrogens with zero attached hydrogens (tertiary/aromatic N) is 2. The van der Waals surface area contributed by atoms with E-state index in [0.717, 1.165) is 38.9 Å². The normalized spacial score (nSPS) is 14.3. The van der Waals surface area contributed by atoms with E-state index in [0.29, 0.717) is 60.7 Å². The van der Waals surface area contributed by atoms with Gasteiger partial charge in [0.05, 0.1) is 0 Å². The van der Waals surface area contributed by atoms with E-state index in [1.807, 2.05) is 0 Å². The molecule has 0 unspecified atom stereocenters. The zero-order chi connectivity index (χ0) is 30.1. The van der Waals surface area contributed by atoms with Gasteiger partial charge in [-0.15, -0.1) is 0 Å². The van der Waals surface area contributed by atoms with Crippen LogP contribution in [-0.2, 0) is 4.79 Å². The number of rotatable bonds is 18. The summed E-state index contributed by atoms with van der Waals surface area (Å²) in [4.78, 5) is 67.1. The molecule has 0 aromatic heterocycles. The van der Waals surface area contributed by atoms with Crippen molar-refractivity contribution >= 4 is 40.3 Å². The molecule has 12 heteroatoms. The van der Waals surface area contributed by atoms with E-state index in [-0.39, 0.29) is 30.6 Å². The van der Waals surface area contributed by atoms with Crippen molar-refractivity contribution in [3.05, 3.63) is 46.5 Å².